The van der Waals surface area contributed by atoms with Crippen LogP contribution in [0.25, 0.3) is 21.3 Å². The van der Waals surface area contributed by atoms with Crippen molar-refractivity contribution in [2.45, 2.75) is 19.8 Å². The Labute approximate surface area is 110 Å². The summed E-state index contributed by atoms with van der Waals surface area (Å²) >= 11 is 1.68. The second-order valence-corrected chi connectivity index (χ2v) is 5.67. The number of nitrogens with zero attached hydrogens (tertiary/aromatic N) is 2. The third-order valence-electron chi connectivity index (χ3n) is 2.93. The molecule has 0 aliphatic rings. The summed E-state index contributed by atoms with van der Waals surface area (Å²) in [6.45, 7) is 4.29. The second kappa shape index (κ2) is 4.50. The quantitative estimate of drug-likeness (QED) is 0.673. The number of fused-ring (bicyclic) bond motifs is 1. The van der Waals surface area contributed by atoms with Crippen molar-refractivity contribution in [2.24, 2.45) is 0 Å². The van der Waals surface area contributed by atoms with Crippen LogP contribution >= 0.6 is 11.3 Å². The lowest BCUT2D eigenvalue weighted by Gasteiger charge is -2.00. The van der Waals surface area contributed by atoms with E-state index in [1.54, 1.807) is 11.3 Å². The Morgan fingerprint density at radius 3 is 2.44 bits per heavy atom. The fourth-order valence-corrected chi connectivity index (χ4v) is 2.75. The molecule has 2 nitrogen and oxygen atoms in total. The van der Waals surface area contributed by atoms with Gasteiger partial charge in [0.15, 0.2) is 0 Å². The maximum absolute atomic E-state index is 4.28. The van der Waals surface area contributed by atoms with Crippen molar-refractivity contribution in [1.82, 2.24) is 10.2 Å². The number of rotatable bonds is 2. The molecule has 90 valence electrons. The van der Waals surface area contributed by atoms with E-state index < -0.39 is 0 Å². The van der Waals surface area contributed by atoms with E-state index in [4.69, 9.17) is 0 Å². The van der Waals surface area contributed by atoms with Gasteiger partial charge in [0.1, 0.15) is 10.0 Å². The summed E-state index contributed by atoms with van der Waals surface area (Å²) in [6, 6.07) is 14.8. The van der Waals surface area contributed by atoms with Gasteiger partial charge in [-0.3, -0.25) is 0 Å². The first-order valence-electron chi connectivity index (χ1n) is 6.06. The van der Waals surface area contributed by atoms with E-state index in [1.165, 1.54) is 10.8 Å². The van der Waals surface area contributed by atoms with E-state index in [1.807, 2.05) is 0 Å². The number of benzene rings is 2. The lowest BCUT2D eigenvalue weighted by atomic mass is 10.1. The highest BCUT2D eigenvalue weighted by molar-refractivity contribution is 7.14. The van der Waals surface area contributed by atoms with E-state index >= 15 is 0 Å². The summed E-state index contributed by atoms with van der Waals surface area (Å²) in [5.41, 5.74) is 1.15. The average molecular weight is 254 g/mol. The van der Waals surface area contributed by atoms with E-state index in [2.05, 4.69) is 66.5 Å². The molecule has 0 N–H and O–H groups in total. The first kappa shape index (κ1) is 11.4. The summed E-state index contributed by atoms with van der Waals surface area (Å²) in [7, 11) is 0. The minimum absolute atomic E-state index is 0.441. The van der Waals surface area contributed by atoms with Gasteiger partial charge in [-0.2, -0.15) is 0 Å². The van der Waals surface area contributed by atoms with Gasteiger partial charge in [-0.25, -0.2) is 0 Å². The van der Waals surface area contributed by atoms with Gasteiger partial charge in [0.2, 0.25) is 0 Å². The molecule has 0 saturated heterocycles. The van der Waals surface area contributed by atoms with E-state index in [0.717, 1.165) is 15.6 Å². The zero-order chi connectivity index (χ0) is 12.5. The zero-order valence-corrected chi connectivity index (χ0v) is 11.2. The molecule has 0 spiro atoms. The number of hydrogen-bond donors (Lipinski definition) is 0. The molecule has 2 aromatic carbocycles. The molecule has 0 atom stereocenters. The molecule has 3 aromatic rings. The van der Waals surface area contributed by atoms with E-state index in [9.17, 15) is 0 Å². The minimum Gasteiger partial charge on any atom is -0.143 e. The SMILES string of the molecule is CC(C)c1nnc(-c2ccc3ccccc3c2)s1. The van der Waals surface area contributed by atoms with Crippen molar-refractivity contribution in [1.29, 1.82) is 0 Å². The lowest BCUT2D eigenvalue weighted by molar-refractivity contribution is 0.825. The van der Waals surface area contributed by atoms with Crippen LogP contribution in [-0.2, 0) is 0 Å². The van der Waals surface area contributed by atoms with Gasteiger partial charge in [0, 0.05) is 11.5 Å². The fourth-order valence-electron chi connectivity index (χ4n) is 1.91. The Morgan fingerprint density at radius 1 is 0.944 bits per heavy atom. The van der Waals surface area contributed by atoms with Crippen LogP contribution in [0, 0.1) is 0 Å². The number of hydrogen-bond acceptors (Lipinski definition) is 3. The molecule has 3 rings (SSSR count). The molecule has 0 aliphatic carbocycles. The first-order chi connectivity index (χ1) is 8.74. The Bertz CT molecular complexity index is 686. The first-order valence-corrected chi connectivity index (χ1v) is 6.88. The fraction of sp³-hybridized carbons (Fsp3) is 0.200. The topological polar surface area (TPSA) is 25.8 Å². The van der Waals surface area contributed by atoms with Crippen LogP contribution in [0.2, 0.25) is 0 Å². The predicted octanol–water partition coefficient (Wildman–Crippen LogP) is 4.48. The van der Waals surface area contributed by atoms with Crippen LogP contribution in [0.5, 0.6) is 0 Å². The maximum atomic E-state index is 4.28. The molecule has 0 saturated carbocycles. The predicted molar refractivity (Wildman–Crippen MR) is 76.9 cm³/mol. The van der Waals surface area contributed by atoms with Crippen LogP contribution in [0.3, 0.4) is 0 Å². The zero-order valence-electron chi connectivity index (χ0n) is 10.4. The summed E-state index contributed by atoms with van der Waals surface area (Å²) in [5.74, 6) is 0.441. The Hall–Kier alpha value is -1.74. The number of aromatic nitrogens is 2. The third-order valence-corrected chi connectivity index (χ3v) is 4.20. The van der Waals surface area contributed by atoms with E-state index in [-0.39, 0.29) is 0 Å². The molecular formula is C15H14N2S. The van der Waals surface area contributed by atoms with E-state index in [0.29, 0.717) is 5.92 Å². The van der Waals surface area contributed by atoms with Crippen molar-refractivity contribution >= 4 is 22.1 Å². The van der Waals surface area contributed by atoms with Gasteiger partial charge < -0.3 is 0 Å². The van der Waals surface area contributed by atoms with Crippen LogP contribution in [0.15, 0.2) is 42.5 Å². The maximum Gasteiger partial charge on any atom is 0.147 e. The smallest absolute Gasteiger partial charge is 0.143 e. The molecule has 0 radical (unpaired) electrons. The normalized spacial score (nSPS) is 11.3. The van der Waals surface area contributed by atoms with Gasteiger partial charge in [-0.05, 0) is 16.8 Å². The molecule has 0 unspecified atom stereocenters. The highest BCUT2D eigenvalue weighted by Gasteiger charge is 2.09. The van der Waals surface area contributed by atoms with Gasteiger partial charge in [-0.15, -0.1) is 10.2 Å². The van der Waals surface area contributed by atoms with Gasteiger partial charge >= 0.3 is 0 Å². The van der Waals surface area contributed by atoms with Crippen molar-refractivity contribution < 1.29 is 0 Å². The standard InChI is InChI=1S/C15H14N2S/c1-10(2)14-16-17-15(18-14)13-8-7-11-5-3-4-6-12(11)9-13/h3-10H,1-2H3. The Morgan fingerprint density at radius 2 is 1.72 bits per heavy atom. The van der Waals surface area contributed by atoms with Gasteiger partial charge in [-0.1, -0.05) is 61.6 Å². The molecule has 18 heavy (non-hydrogen) atoms. The molecule has 1 heterocycles. The summed E-state index contributed by atoms with van der Waals surface area (Å²) < 4.78 is 0. The van der Waals surface area contributed by atoms with Crippen LogP contribution < -0.4 is 0 Å². The van der Waals surface area contributed by atoms with Gasteiger partial charge in [0.05, 0.1) is 0 Å². The summed E-state index contributed by atoms with van der Waals surface area (Å²) in [4.78, 5) is 0. The minimum atomic E-state index is 0.441. The Kier molecular flexibility index (Phi) is 2.84. The molecule has 0 aliphatic heterocycles. The summed E-state index contributed by atoms with van der Waals surface area (Å²) in [5, 5.41) is 13.1. The molecule has 0 bridgehead atoms. The summed E-state index contributed by atoms with van der Waals surface area (Å²) in [6.07, 6.45) is 0. The van der Waals surface area contributed by atoms with Crippen LogP contribution in [-0.4, -0.2) is 10.2 Å². The highest BCUT2D eigenvalue weighted by Crippen LogP contribution is 2.29. The van der Waals surface area contributed by atoms with Crippen molar-refractivity contribution in [3.63, 3.8) is 0 Å². The van der Waals surface area contributed by atoms with Crippen LogP contribution in [0.1, 0.15) is 24.8 Å². The van der Waals surface area contributed by atoms with Crippen molar-refractivity contribution in [3.8, 4) is 10.6 Å². The molecular weight excluding hydrogens is 240 g/mol. The molecule has 3 heteroatoms. The van der Waals surface area contributed by atoms with Gasteiger partial charge in [0.25, 0.3) is 0 Å². The molecule has 0 fully saturated rings. The lowest BCUT2D eigenvalue weighted by Crippen LogP contribution is -1.83. The highest BCUT2D eigenvalue weighted by atomic mass is 32.1. The monoisotopic (exact) mass is 254 g/mol. The van der Waals surface area contributed by atoms with Crippen molar-refractivity contribution in [3.05, 3.63) is 47.5 Å². The third kappa shape index (κ3) is 2.02. The average Bonchev–Trinajstić information content (AvgIpc) is 2.88. The second-order valence-electron chi connectivity index (χ2n) is 4.66. The Balaban J connectivity index is 2.07. The van der Waals surface area contributed by atoms with Crippen molar-refractivity contribution in [2.75, 3.05) is 0 Å². The van der Waals surface area contributed by atoms with Crippen LogP contribution in [0.4, 0.5) is 0 Å². The molecule has 1 aromatic heterocycles. The largest absolute Gasteiger partial charge is 0.147 e. The molecule has 0 amide bonds.